The largest absolute Gasteiger partial charge is 0.352 e. The third kappa shape index (κ3) is 5.18. The van der Waals surface area contributed by atoms with Crippen LogP contribution >= 0.6 is 11.3 Å². The molecule has 0 saturated carbocycles. The molecule has 3 aromatic rings. The van der Waals surface area contributed by atoms with Gasteiger partial charge >= 0.3 is 0 Å². The maximum Gasteiger partial charge on any atom is 0.261 e. The number of benzene rings is 2. The van der Waals surface area contributed by atoms with E-state index in [1.165, 1.54) is 17.0 Å². The van der Waals surface area contributed by atoms with Crippen molar-refractivity contribution in [1.29, 1.82) is 0 Å². The van der Waals surface area contributed by atoms with Gasteiger partial charge < -0.3 is 5.32 Å². The molecule has 2 aromatic carbocycles. The second kappa shape index (κ2) is 8.37. The molecule has 1 heterocycles. The summed E-state index contributed by atoms with van der Waals surface area (Å²) in [6, 6.07) is 17.1. The van der Waals surface area contributed by atoms with Crippen LogP contribution in [0.3, 0.4) is 0 Å². The molecule has 3 rings (SSSR count). The van der Waals surface area contributed by atoms with Crippen molar-refractivity contribution < 1.29 is 13.2 Å². The first-order valence-corrected chi connectivity index (χ1v) is 10.8. The molecule has 1 amide bonds. The SMILES string of the molecule is Cc1cccc(NS(=O)(=O)c2cccc(C(=O)NCCc3cccs3)c2)c1. The van der Waals surface area contributed by atoms with Gasteiger partial charge in [0.15, 0.2) is 0 Å². The van der Waals surface area contributed by atoms with E-state index in [9.17, 15) is 13.2 Å². The summed E-state index contributed by atoms with van der Waals surface area (Å²) >= 11 is 1.64. The molecule has 0 unspecified atom stereocenters. The molecule has 0 fully saturated rings. The molecule has 0 bridgehead atoms. The van der Waals surface area contributed by atoms with Crippen LogP contribution in [0.15, 0.2) is 70.9 Å². The van der Waals surface area contributed by atoms with Crippen molar-refractivity contribution in [2.24, 2.45) is 0 Å². The Bertz CT molecular complexity index is 1030. The fourth-order valence-corrected chi connectivity index (χ4v) is 4.39. The van der Waals surface area contributed by atoms with Crippen molar-refractivity contribution in [1.82, 2.24) is 5.32 Å². The minimum absolute atomic E-state index is 0.0508. The van der Waals surface area contributed by atoms with E-state index >= 15 is 0 Å². The fraction of sp³-hybridized carbons (Fsp3) is 0.150. The van der Waals surface area contributed by atoms with E-state index in [-0.39, 0.29) is 10.8 Å². The van der Waals surface area contributed by atoms with Crippen LogP contribution in [0.25, 0.3) is 0 Å². The molecule has 2 N–H and O–H groups in total. The lowest BCUT2D eigenvalue weighted by atomic mass is 10.2. The van der Waals surface area contributed by atoms with Gasteiger partial charge in [0.25, 0.3) is 15.9 Å². The number of hydrogen-bond acceptors (Lipinski definition) is 4. The maximum atomic E-state index is 12.6. The van der Waals surface area contributed by atoms with E-state index < -0.39 is 10.0 Å². The predicted molar refractivity (Wildman–Crippen MR) is 109 cm³/mol. The summed E-state index contributed by atoms with van der Waals surface area (Å²) in [5.74, 6) is -0.292. The molecule has 140 valence electrons. The first kappa shape index (κ1) is 19.1. The molecule has 7 heteroatoms. The molecule has 0 radical (unpaired) electrons. The van der Waals surface area contributed by atoms with Crippen LogP contribution in [0.5, 0.6) is 0 Å². The number of sulfonamides is 1. The summed E-state index contributed by atoms with van der Waals surface area (Å²) in [7, 11) is -3.77. The van der Waals surface area contributed by atoms with Crippen LogP contribution in [0.2, 0.25) is 0 Å². The van der Waals surface area contributed by atoms with E-state index in [1.54, 1.807) is 41.7 Å². The molecular weight excluding hydrogens is 380 g/mol. The Hall–Kier alpha value is -2.64. The second-order valence-electron chi connectivity index (χ2n) is 6.09. The van der Waals surface area contributed by atoms with E-state index in [1.807, 2.05) is 30.5 Å². The van der Waals surface area contributed by atoms with Gasteiger partial charge in [0.1, 0.15) is 0 Å². The van der Waals surface area contributed by atoms with Crippen molar-refractivity contribution in [3.63, 3.8) is 0 Å². The van der Waals surface area contributed by atoms with Crippen LogP contribution < -0.4 is 10.0 Å². The minimum Gasteiger partial charge on any atom is -0.352 e. The summed E-state index contributed by atoms with van der Waals surface area (Å²) in [6.07, 6.45) is 0.746. The molecule has 0 atom stereocenters. The van der Waals surface area contributed by atoms with Crippen LogP contribution in [-0.2, 0) is 16.4 Å². The van der Waals surface area contributed by atoms with Crippen LogP contribution in [0.4, 0.5) is 5.69 Å². The van der Waals surface area contributed by atoms with Gasteiger partial charge in [-0.25, -0.2) is 8.42 Å². The molecule has 0 saturated heterocycles. The van der Waals surface area contributed by atoms with Crippen molar-refractivity contribution in [3.05, 3.63) is 82.0 Å². The van der Waals surface area contributed by atoms with E-state index in [0.717, 1.165) is 12.0 Å². The zero-order valence-corrected chi connectivity index (χ0v) is 16.4. The highest BCUT2D eigenvalue weighted by Crippen LogP contribution is 2.18. The highest BCUT2D eigenvalue weighted by atomic mass is 32.2. The summed E-state index contributed by atoms with van der Waals surface area (Å²) < 4.78 is 27.8. The number of thiophene rings is 1. The lowest BCUT2D eigenvalue weighted by Gasteiger charge is -2.10. The Morgan fingerprint density at radius 3 is 2.59 bits per heavy atom. The zero-order chi connectivity index (χ0) is 19.3. The minimum atomic E-state index is -3.77. The number of amides is 1. The summed E-state index contributed by atoms with van der Waals surface area (Å²) in [5.41, 5.74) is 1.75. The summed E-state index contributed by atoms with van der Waals surface area (Å²) in [5, 5.41) is 4.82. The van der Waals surface area contributed by atoms with Crippen LogP contribution in [0.1, 0.15) is 20.8 Å². The second-order valence-corrected chi connectivity index (χ2v) is 8.80. The number of hydrogen-bond donors (Lipinski definition) is 2. The number of aryl methyl sites for hydroxylation is 1. The topological polar surface area (TPSA) is 75.3 Å². The van der Waals surface area contributed by atoms with Gasteiger partial charge in [0.2, 0.25) is 0 Å². The summed E-state index contributed by atoms with van der Waals surface area (Å²) in [4.78, 5) is 13.6. The predicted octanol–water partition coefficient (Wildman–Crippen LogP) is 3.83. The molecule has 27 heavy (non-hydrogen) atoms. The number of rotatable bonds is 7. The fourth-order valence-electron chi connectivity index (χ4n) is 2.58. The molecule has 0 spiro atoms. The van der Waals surface area contributed by atoms with Crippen molar-refractivity contribution in [2.45, 2.75) is 18.2 Å². The highest BCUT2D eigenvalue weighted by Gasteiger charge is 2.16. The molecule has 5 nitrogen and oxygen atoms in total. The molecule has 0 aliphatic rings. The average molecular weight is 401 g/mol. The Kier molecular flexibility index (Phi) is 5.93. The smallest absolute Gasteiger partial charge is 0.261 e. The van der Waals surface area contributed by atoms with Crippen LogP contribution in [-0.4, -0.2) is 20.9 Å². The average Bonchev–Trinajstić information content (AvgIpc) is 3.15. The van der Waals surface area contributed by atoms with E-state index in [2.05, 4.69) is 10.0 Å². The molecule has 0 aliphatic heterocycles. The Balaban J connectivity index is 1.69. The van der Waals surface area contributed by atoms with Gasteiger partial charge in [0, 0.05) is 22.7 Å². The quantitative estimate of drug-likeness (QED) is 0.633. The van der Waals surface area contributed by atoms with Crippen molar-refractivity contribution >= 4 is 33.0 Å². The highest BCUT2D eigenvalue weighted by molar-refractivity contribution is 7.92. The first-order valence-electron chi connectivity index (χ1n) is 8.44. The third-order valence-electron chi connectivity index (χ3n) is 3.91. The number of anilines is 1. The Morgan fingerprint density at radius 2 is 1.85 bits per heavy atom. The van der Waals surface area contributed by atoms with E-state index in [0.29, 0.717) is 17.8 Å². The van der Waals surface area contributed by atoms with E-state index in [4.69, 9.17) is 0 Å². The molecular formula is C20H20N2O3S2. The van der Waals surface area contributed by atoms with Gasteiger partial charge in [-0.1, -0.05) is 24.3 Å². The number of carbonyl (C=O) groups is 1. The van der Waals surface area contributed by atoms with Gasteiger partial charge in [-0.3, -0.25) is 9.52 Å². The molecule has 0 aliphatic carbocycles. The lowest BCUT2D eigenvalue weighted by Crippen LogP contribution is -2.25. The van der Waals surface area contributed by atoms with Gasteiger partial charge in [-0.2, -0.15) is 0 Å². The first-order chi connectivity index (χ1) is 12.9. The standard InChI is InChI=1S/C20H20N2O3S2/c1-15-5-2-7-17(13-15)22-27(24,25)19-9-3-6-16(14-19)20(23)21-11-10-18-8-4-12-26-18/h2-9,12-14,22H,10-11H2,1H3,(H,21,23). The van der Waals surface area contributed by atoms with Gasteiger partial charge in [-0.05, 0) is 60.7 Å². The third-order valence-corrected chi connectivity index (χ3v) is 6.23. The van der Waals surface area contributed by atoms with Gasteiger partial charge in [-0.15, -0.1) is 11.3 Å². The zero-order valence-electron chi connectivity index (χ0n) is 14.8. The summed E-state index contributed by atoms with van der Waals surface area (Å²) in [6.45, 7) is 2.39. The van der Waals surface area contributed by atoms with Crippen LogP contribution in [0, 0.1) is 6.92 Å². The molecule has 1 aromatic heterocycles. The maximum absolute atomic E-state index is 12.6. The number of carbonyl (C=O) groups excluding carboxylic acids is 1. The lowest BCUT2D eigenvalue weighted by molar-refractivity contribution is 0.0954. The normalized spacial score (nSPS) is 11.1. The van der Waals surface area contributed by atoms with Crippen molar-refractivity contribution in [2.75, 3.05) is 11.3 Å². The Labute approximate surface area is 163 Å². The number of nitrogens with one attached hydrogen (secondary N) is 2. The van der Waals surface area contributed by atoms with Crippen molar-refractivity contribution in [3.8, 4) is 0 Å². The van der Waals surface area contributed by atoms with Gasteiger partial charge in [0.05, 0.1) is 4.90 Å². The monoisotopic (exact) mass is 400 g/mol. The Morgan fingerprint density at radius 1 is 1.04 bits per heavy atom.